The summed E-state index contributed by atoms with van der Waals surface area (Å²) in [6.45, 7) is 0.529. The number of fused-ring (bicyclic) bond motifs is 4. The van der Waals surface area contributed by atoms with E-state index in [1.807, 2.05) is 37.4 Å². The molecular formula is C25H25N3O3S. The minimum atomic E-state index is -0.0713. The van der Waals surface area contributed by atoms with E-state index in [1.54, 1.807) is 23.3 Å². The van der Waals surface area contributed by atoms with Crippen molar-refractivity contribution in [1.29, 1.82) is 0 Å². The molecule has 1 aliphatic rings. The van der Waals surface area contributed by atoms with Crippen LogP contribution < -0.4 is 10.3 Å². The molecule has 6 nitrogen and oxygen atoms in total. The molecule has 1 amide bonds. The van der Waals surface area contributed by atoms with Crippen LogP contribution in [0.25, 0.3) is 21.0 Å². The number of nitrogens with zero attached hydrogens (tertiary/aromatic N) is 2. The lowest BCUT2D eigenvalue weighted by molar-refractivity contribution is -0.130. The number of methoxy groups -OCH3 is 1. The van der Waals surface area contributed by atoms with Crippen molar-refractivity contribution in [2.45, 2.75) is 38.6 Å². The highest BCUT2D eigenvalue weighted by atomic mass is 32.1. The van der Waals surface area contributed by atoms with Crippen LogP contribution in [0.1, 0.15) is 34.7 Å². The number of carbonyl (C=O) groups is 1. The Bertz CT molecular complexity index is 1390. The van der Waals surface area contributed by atoms with Gasteiger partial charge in [0.05, 0.1) is 12.5 Å². The zero-order chi connectivity index (χ0) is 22.2. The first-order valence-electron chi connectivity index (χ1n) is 10.9. The number of benzene rings is 2. The molecule has 4 aromatic rings. The number of carbonyl (C=O) groups excluding carboxylic acids is 1. The van der Waals surface area contributed by atoms with Crippen LogP contribution in [-0.4, -0.2) is 34.9 Å². The van der Waals surface area contributed by atoms with E-state index >= 15 is 0 Å². The summed E-state index contributed by atoms with van der Waals surface area (Å²) in [5.41, 5.74) is 2.17. The lowest BCUT2D eigenvalue weighted by Gasteiger charge is -2.17. The smallest absolute Gasteiger partial charge is 0.259 e. The van der Waals surface area contributed by atoms with Crippen molar-refractivity contribution in [2.24, 2.45) is 0 Å². The minimum absolute atomic E-state index is 0.0243. The second-order valence-electron chi connectivity index (χ2n) is 8.35. The monoisotopic (exact) mass is 447 g/mol. The second-order valence-corrected chi connectivity index (χ2v) is 9.43. The van der Waals surface area contributed by atoms with Crippen LogP contribution in [0.2, 0.25) is 0 Å². The SMILES string of the molecule is COc1ccc2cc(CN(C)C(=O)CCc3nc4sc5c(c4c(=O)[nH]3)CCC5)ccc2c1. The molecule has 5 rings (SSSR count). The third-order valence-corrected chi connectivity index (χ3v) is 7.34. The predicted octanol–water partition coefficient (Wildman–Crippen LogP) is 4.23. The summed E-state index contributed by atoms with van der Waals surface area (Å²) in [5.74, 6) is 1.44. The van der Waals surface area contributed by atoms with Gasteiger partial charge in [0.1, 0.15) is 16.4 Å². The first-order valence-corrected chi connectivity index (χ1v) is 11.7. The number of hydrogen-bond acceptors (Lipinski definition) is 5. The Balaban J connectivity index is 1.25. The fourth-order valence-electron chi connectivity index (χ4n) is 4.44. The second kappa shape index (κ2) is 8.39. The lowest BCUT2D eigenvalue weighted by atomic mass is 10.1. The number of thiophene rings is 1. The van der Waals surface area contributed by atoms with Gasteiger partial charge in [-0.1, -0.05) is 18.2 Å². The number of hydrogen-bond donors (Lipinski definition) is 1. The van der Waals surface area contributed by atoms with Gasteiger partial charge in [0, 0.05) is 31.3 Å². The highest BCUT2D eigenvalue weighted by Crippen LogP contribution is 2.34. The van der Waals surface area contributed by atoms with E-state index < -0.39 is 0 Å². The van der Waals surface area contributed by atoms with Crippen LogP contribution in [0.3, 0.4) is 0 Å². The number of amides is 1. The first-order chi connectivity index (χ1) is 15.5. The number of rotatable bonds is 6. The predicted molar refractivity (Wildman–Crippen MR) is 128 cm³/mol. The number of aromatic amines is 1. The molecule has 2 aromatic carbocycles. The van der Waals surface area contributed by atoms with Crippen LogP contribution in [0.4, 0.5) is 0 Å². The maximum absolute atomic E-state index is 12.7. The van der Waals surface area contributed by atoms with Gasteiger partial charge in [-0.05, 0) is 59.4 Å². The molecule has 0 aliphatic heterocycles. The summed E-state index contributed by atoms with van der Waals surface area (Å²) in [6, 6.07) is 12.1. The molecule has 1 N–H and O–H groups in total. The molecule has 2 aromatic heterocycles. The van der Waals surface area contributed by atoms with Crippen molar-refractivity contribution >= 4 is 38.2 Å². The molecule has 0 atom stereocenters. The molecule has 0 fully saturated rings. The number of ether oxygens (including phenoxy) is 1. The van der Waals surface area contributed by atoms with Gasteiger partial charge in [-0.2, -0.15) is 0 Å². The van der Waals surface area contributed by atoms with E-state index in [0.717, 1.165) is 51.6 Å². The summed E-state index contributed by atoms with van der Waals surface area (Å²) < 4.78 is 5.28. The van der Waals surface area contributed by atoms with E-state index in [4.69, 9.17) is 4.74 Å². The Labute approximate surface area is 189 Å². The summed E-state index contributed by atoms with van der Waals surface area (Å²) in [6.07, 6.45) is 3.85. The molecular weight excluding hydrogens is 422 g/mol. The molecule has 0 saturated heterocycles. The largest absolute Gasteiger partial charge is 0.497 e. The standard InChI is InChI=1S/C25H25N3O3S/c1-28(14-15-6-7-17-13-18(31-2)9-8-16(17)12-15)22(29)11-10-21-26-24(30)23-19-4-3-5-20(19)32-25(23)27-21/h6-9,12-13H,3-5,10-11,14H2,1-2H3,(H,26,27,30). The maximum Gasteiger partial charge on any atom is 0.259 e. The van der Waals surface area contributed by atoms with Crippen LogP contribution in [0.5, 0.6) is 5.75 Å². The average Bonchev–Trinajstić information content (AvgIpc) is 3.38. The third kappa shape index (κ3) is 3.88. The van der Waals surface area contributed by atoms with E-state index in [-0.39, 0.29) is 11.5 Å². The van der Waals surface area contributed by atoms with Gasteiger partial charge in [-0.15, -0.1) is 11.3 Å². The first kappa shape index (κ1) is 20.7. The van der Waals surface area contributed by atoms with Crippen molar-refractivity contribution in [3.63, 3.8) is 0 Å². The zero-order valence-corrected chi connectivity index (χ0v) is 19.1. The average molecular weight is 448 g/mol. The summed E-state index contributed by atoms with van der Waals surface area (Å²) in [4.78, 5) is 36.7. The van der Waals surface area contributed by atoms with E-state index in [2.05, 4.69) is 16.0 Å². The minimum Gasteiger partial charge on any atom is -0.497 e. The maximum atomic E-state index is 12.7. The molecule has 164 valence electrons. The van der Waals surface area contributed by atoms with Gasteiger partial charge in [-0.3, -0.25) is 9.59 Å². The van der Waals surface area contributed by atoms with E-state index in [1.165, 1.54) is 10.4 Å². The van der Waals surface area contributed by atoms with Crippen molar-refractivity contribution in [3.8, 4) is 5.75 Å². The van der Waals surface area contributed by atoms with Gasteiger partial charge in [0.2, 0.25) is 5.91 Å². The van der Waals surface area contributed by atoms with Gasteiger partial charge >= 0.3 is 0 Å². The van der Waals surface area contributed by atoms with Crippen LogP contribution in [0.15, 0.2) is 41.2 Å². The molecule has 0 saturated carbocycles. The Hall–Kier alpha value is -3.19. The van der Waals surface area contributed by atoms with Crippen LogP contribution in [0, 0.1) is 0 Å². The Morgan fingerprint density at radius 2 is 2.00 bits per heavy atom. The Morgan fingerprint density at radius 1 is 1.19 bits per heavy atom. The fraction of sp³-hybridized carbons (Fsp3) is 0.320. The summed E-state index contributed by atoms with van der Waals surface area (Å²) in [5, 5.41) is 2.97. The van der Waals surface area contributed by atoms with E-state index in [0.29, 0.717) is 25.2 Å². The van der Waals surface area contributed by atoms with Crippen molar-refractivity contribution < 1.29 is 9.53 Å². The summed E-state index contributed by atoms with van der Waals surface area (Å²) in [7, 11) is 3.47. The fourth-order valence-corrected chi connectivity index (χ4v) is 5.72. The molecule has 32 heavy (non-hydrogen) atoms. The molecule has 1 aliphatic carbocycles. The Morgan fingerprint density at radius 3 is 2.84 bits per heavy atom. The number of nitrogens with one attached hydrogen (secondary N) is 1. The molecule has 2 heterocycles. The Kier molecular flexibility index (Phi) is 5.43. The van der Waals surface area contributed by atoms with Crippen LogP contribution in [-0.2, 0) is 30.6 Å². The zero-order valence-electron chi connectivity index (χ0n) is 18.2. The van der Waals surface area contributed by atoms with Gasteiger partial charge in [-0.25, -0.2) is 4.98 Å². The molecule has 0 bridgehead atoms. The van der Waals surface area contributed by atoms with Crippen molar-refractivity contribution in [2.75, 3.05) is 14.2 Å². The normalized spacial score (nSPS) is 12.9. The molecule has 7 heteroatoms. The molecule has 0 radical (unpaired) electrons. The highest BCUT2D eigenvalue weighted by molar-refractivity contribution is 7.18. The number of H-pyrrole nitrogens is 1. The highest BCUT2D eigenvalue weighted by Gasteiger charge is 2.21. The van der Waals surface area contributed by atoms with Crippen molar-refractivity contribution in [3.05, 3.63) is 68.6 Å². The van der Waals surface area contributed by atoms with Gasteiger partial charge in [0.15, 0.2) is 0 Å². The van der Waals surface area contributed by atoms with Gasteiger partial charge in [0.25, 0.3) is 5.56 Å². The molecule has 0 spiro atoms. The number of aromatic nitrogens is 2. The number of aryl methyl sites for hydroxylation is 3. The lowest BCUT2D eigenvalue weighted by Crippen LogP contribution is -2.26. The van der Waals surface area contributed by atoms with Crippen LogP contribution >= 0.6 is 11.3 Å². The molecule has 0 unspecified atom stereocenters. The topological polar surface area (TPSA) is 75.3 Å². The quantitative estimate of drug-likeness (QED) is 0.480. The van der Waals surface area contributed by atoms with E-state index in [9.17, 15) is 9.59 Å². The summed E-state index contributed by atoms with van der Waals surface area (Å²) >= 11 is 1.63. The van der Waals surface area contributed by atoms with Gasteiger partial charge < -0.3 is 14.6 Å². The third-order valence-electron chi connectivity index (χ3n) is 6.16. The van der Waals surface area contributed by atoms with Crippen molar-refractivity contribution in [1.82, 2.24) is 14.9 Å².